The van der Waals surface area contributed by atoms with Crippen molar-refractivity contribution in [3.8, 4) is 0 Å². The summed E-state index contributed by atoms with van der Waals surface area (Å²) < 4.78 is 32.7. The molecule has 1 aromatic rings. The van der Waals surface area contributed by atoms with Gasteiger partial charge < -0.3 is 9.52 Å². The molecule has 0 aliphatic carbocycles. The maximum atomic E-state index is 12.9. The van der Waals surface area contributed by atoms with E-state index in [1.165, 1.54) is 4.31 Å². The topological polar surface area (TPSA) is 70.8 Å². The van der Waals surface area contributed by atoms with E-state index in [0.29, 0.717) is 36.1 Å². The summed E-state index contributed by atoms with van der Waals surface area (Å²) >= 11 is 0. The smallest absolute Gasteiger partial charge is 0.246 e. The molecule has 122 valence electrons. The summed E-state index contributed by atoms with van der Waals surface area (Å²) in [6.07, 6.45) is 1.89. The van der Waals surface area contributed by atoms with Gasteiger partial charge in [0.1, 0.15) is 16.4 Å². The Morgan fingerprint density at radius 3 is 2.14 bits per heavy atom. The van der Waals surface area contributed by atoms with Crippen molar-refractivity contribution in [2.45, 2.75) is 59.0 Å². The molecule has 0 saturated carbocycles. The first-order valence-electron chi connectivity index (χ1n) is 7.53. The first-order chi connectivity index (χ1) is 9.83. The van der Waals surface area contributed by atoms with Crippen LogP contribution in [0, 0.1) is 19.8 Å². The lowest BCUT2D eigenvalue weighted by molar-refractivity contribution is 0.275. The fourth-order valence-corrected chi connectivity index (χ4v) is 4.52. The molecule has 0 fully saturated rings. The van der Waals surface area contributed by atoms with Gasteiger partial charge in [-0.3, -0.25) is 0 Å². The highest BCUT2D eigenvalue weighted by atomic mass is 32.2. The first-order valence-corrected chi connectivity index (χ1v) is 8.97. The zero-order chi connectivity index (χ0) is 16.2. The van der Waals surface area contributed by atoms with Gasteiger partial charge in [-0.25, -0.2) is 8.42 Å². The summed E-state index contributed by atoms with van der Waals surface area (Å²) in [5.74, 6) is 1.15. The van der Waals surface area contributed by atoms with Gasteiger partial charge in [-0.05, 0) is 19.8 Å². The molecule has 0 atom stereocenters. The zero-order valence-corrected chi connectivity index (χ0v) is 14.5. The van der Waals surface area contributed by atoms with Crippen molar-refractivity contribution in [3.05, 3.63) is 17.1 Å². The molecule has 5 nitrogen and oxygen atoms in total. The minimum atomic E-state index is -3.64. The van der Waals surface area contributed by atoms with Crippen molar-refractivity contribution in [1.82, 2.24) is 4.31 Å². The van der Waals surface area contributed by atoms with E-state index in [1.807, 2.05) is 6.92 Å². The number of aryl methyl sites for hydroxylation is 2. The van der Waals surface area contributed by atoms with E-state index in [9.17, 15) is 13.5 Å². The fourth-order valence-electron chi connectivity index (χ4n) is 2.59. The monoisotopic (exact) mass is 317 g/mol. The second-order valence-corrected chi connectivity index (χ2v) is 7.19. The highest BCUT2D eigenvalue weighted by molar-refractivity contribution is 7.89. The van der Waals surface area contributed by atoms with Crippen LogP contribution in [0.15, 0.2) is 9.31 Å². The van der Waals surface area contributed by atoms with Gasteiger partial charge in [-0.1, -0.05) is 33.6 Å². The van der Waals surface area contributed by atoms with Gasteiger partial charge in [0.05, 0.1) is 6.61 Å². The molecule has 0 aliphatic rings. The van der Waals surface area contributed by atoms with Crippen molar-refractivity contribution in [1.29, 1.82) is 0 Å². The van der Waals surface area contributed by atoms with Crippen LogP contribution in [0.25, 0.3) is 0 Å². The molecular formula is C15H27NO4S. The van der Waals surface area contributed by atoms with Crippen LogP contribution < -0.4 is 0 Å². The van der Waals surface area contributed by atoms with Crippen LogP contribution in [0.4, 0.5) is 0 Å². The number of furan rings is 1. The van der Waals surface area contributed by atoms with E-state index in [0.717, 1.165) is 12.8 Å². The lowest BCUT2D eigenvalue weighted by Crippen LogP contribution is -2.35. The molecule has 1 rings (SSSR count). The number of sulfonamides is 1. The van der Waals surface area contributed by atoms with Crippen molar-refractivity contribution in [3.63, 3.8) is 0 Å². The summed E-state index contributed by atoms with van der Waals surface area (Å²) in [5, 5.41) is 9.46. The molecular weight excluding hydrogens is 290 g/mol. The molecule has 0 spiro atoms. The van der Waals surface area contributed by atoms with Crippen LogP contribution in [0.5, 0.6) is 0 Å². The molecule has 21 heavy (non-hydrogen) atoms. The normalized spacial score (nSPS) is 12.6. The van der Waals surface area contributed by atoms with E-state index in [4.69, 9.17) is 4.42 Å². The van der Waals surface area contributed by atoms with Gasteiger partial charge >= 0.3 is 0 Å². The Kier molecular flexibility index (Phi) is 6.43. The predicted molar refractivity (Wildman–Crippen MR) is 82.6 cm³/mol. The Balaban J connectivity index is 3.25. The third-order valence-corrected chi connectivity index (χ3v) is 6.19. The molecule has 0 amide bonds. The molecule has 0 bridgehead atoms. The number of rotatable bonds is 8. The third-order valence-electron chi connectivity index (χ3n) is 4.05. The molecule has 0 unspecified atom stereocenters. The van der Waals surface area contributed by atoms with Crippen molar-refractivity contribution in [2.24, 2.45) is 5.92 Å². The summed E-state index contributed by atoms with van der Waals surface area (Å²) in [5.41, 5.74) is 0.371. The van der Waals surface area contributed by atoms with Crippen LogP contribution in [0.1, 0.15) is 50.7 Å². The summed E-state index contributed by atoms with van der Waals surface area (Å²) in [7, 11) is -3.64. The molecule has 1 heterocycles. The van der Waals surface area contributed by atoms with Crippen molar-refractivity contribution >= 4 is 10.0 Å². The van der Waals surface area contributed by atoms with Crippen LogP contribution in [-0.4, -0.2) is 30.9 Å². The summed E-state index contributed by atoms with van der Waals surface area (Å²) in [6.45, 7) is 9.86. The van der Waals surface area contributed by atoms with Crippen LogP contribution in [0.3, 0.4) is 0 Å². The van der Waals surface area contributed by atoms with Gasteiger partial charge in [-0.15, -0.1) is 0 Å². The van der Waals surface area contributed by atoms with Gasteiger partial charge in [0, 0.05) is 18.7 Å². The summed E-state index contributed by atoms with van der Waals surface area (Å²) in [4.78, 5) is 0.135. The van der Waals surface area contributed by atoms with Crippen molar-refractivity contribution < 1.29 is 17.9 Å². The Hall–Kier alpha value is -0.850. The average molecular weight is 317 g/mol. The Labute approximate surface area is 128 Å². The van der Waals surface area contributed by atoms with Crippen LogP contribution in [-0.2, 0) is 16.6 Å². The van der Waals surface area contributed by atoms with Gasteiger partial charge in [0.15, 0.2) is 0 Å². The largest absolute Gasteiger partial charge is 0.465 e. The second-order valence-electron chi connectivity index (χ2n) is 5.32. The Morgan fingerprint density at radius 2 is 1.71 bits per heavy atom. The predicted octanol–water partition coefficient (Wildman–Crippen LogP) is 2.84. The maximum Gasteiger partial charge on any atom is 0.246 e. The lowest BCUT2D eigenvalue weighted by Gasteiger charge is -2.25. The second kappa shape index (κ2) is 7.42. The SMILES string of the molecule is CCC(CC)CN(CC)S(=O)(=O)c1c(C)oc(C)c1CO. The highest BCUT2D eigenvalue weighted by Crippen LogP contribution is 2.30. The van der Waals surface area contributed by atoms with Crippen LogP contribution in [0.2, 0.25) is 0 Å². The van der Waals surface area contributed by atoms with E-state index < -0.39 is 10.0 Å². The molecule has 1 N–H and O–H groups in total. The minimum absolute atomic E-state index is 0.135. The van der Waals surface area contributed by atoms with Gasteiger partial charge in [-0.2, -0.15) is 4.31 Å². The molecule has 0 radical (unpaired) electrons. The molecule has 6 heteroatoms. The van der Waals surface area contributed by atoms with Gasteiger partial charge in [0.25, 0.3) is 0 Å². The van der Waals surface area contributed by atoms with Crippen molar-refractivity contribution in [2.75, 3.05) is 13.1 Å². The summed E-state index contributed by atoms with van der Waals surface area (Å²) in [6, 6.07) is 0. The number of hydrogen-bond donors (Lipinski definition) is 1. The standard InChI is InChI=1S/C15H27NO4S/c1-6-13(7-2)9-16(8-3)21(18,19)15-12(5)20-11(4)14(15)10-17/h13,17H,6-10H2,1-5H3. The maximum absolute atomic E-state index is 12.9. The molecule has 0 aromatic carbocycles. The quantitative estimate of drug-likeness (QED) is 0.800. The van der Waals surface area contributed by atoms with Crippen LogP contribution >= 0.6 is 0 Å². The fraction of sp³-hybridized carbons (Fsp3) is 0.733. The molecule has 0 saturated heterocycles. The number of hydrogen-bond acceptors (Lipinski definition) is 4. The highest BCUT2D eigenvalue weighted by Gasteiger charge is 2.32. The molecule has 1 aromatic heterocycles. The number of aliphatic hydroxyl groups excluding tert-OH is 1. The lowest BCUT2D eigenvalue weighted by atomic mass is 10.0. The first kappa shape index (κ1) is 18.2. The van der Waals surface area contributed by atoms with E-state index in [1.54, 1.807) is 13.8 Å². The Bertz CT molecular complexity index is 558. The number of aliphatic hydroxyl groups is 1. The number of nitrogens with zero attached hydrogens (tertiary/aromatic N) is 1. The third kappa shape index (κ3) is 3.67. The Morgan fingerprint density at radius 1 is 1.14 bits per heavy atom. The van der Waals surface area contributed by atoms with E-state index >= 15 is 0 Å². The van der Waals surface area contributed by atoms with E-state index in [-0.39, 0.29) is 11.5 Å². The molecule has 0 aliphatic heterocycles. The van der Waals surface area contributed by atoms with E-state index in [2.05, 4.69) is 13.8 Å². The van der Waals surface area contributed by atoms with Gasteiger partial charge in [0.2, 0.25) is 10.0 Å². The minimum Gasteiger partial charge on any atom is -0.465 e. The average Bonchev–Trinajstić information content (AvgIpc) is 2.74. The zero-order valence-electron chi connectivity index (χ0n) is 13.6.